The molecular weight excluding hydrogens is 264 g/mol. The number of aliphatic hydroxyl groups excluding tert-OH is 1. The lowest BCUT2D eigenvalue weighted by atomic mass is 10.2. The molecule has 0 saturated heterocycles. The van der Waals surface area contributed by atoms with Crippen LogP contribution >= 0.6 is 0 Å². The maximum absolute atomic E-state index is 10.3. The van der Waals surface area contributed by atoms with Gasteiger partial charge in [0.25, 0.3) is 0 Å². The van der Waals surface area contributed by atoms with Gasteiger partial charge in [-0.15, -0.1) is 5.92 Å². The monoisotopic (exact) mass is 292 g/mol. The highest BCUT2D eigenvalue weighted by atomic mass is 16.4. The van der Waals surface area contributed by atoms with Gasteiger partial charge in [0.15, 0.2) is 0 Å². The van der Waals surface area contributed by atoms with Crippen molar-refractivity contribution in [1.82, 2.24) is 0 Å². The number of hydrogen-bond donors (Lipinski definition) is 2. The van der Waals surface area contributed by atoms with Crippen LogP contribution in [0.25, 0.3) is 0 Å². The minimum atomic E-state index is -0.803. The summed E-state index contributed by atoms with van der Waals surface area (Å²) in [4.78, 5) is 10.3. The van der Waals surface area contributed by atoms with E-state index in [4.69, 9.17) is 5.11 Å². The van der Waals surface area contributed by atoms with Gasteiger partial charge in [-0.2, -0.15) is 0 Å². The van der Waals surface area contributed by atoms with E-state index in [2.05, 4.69) is 30.9 Å². The zero-order valence-corrected chi connectivity index (χ0v) is 13.1. The van der Waals surface area contributed by atoms with Crippen molar-refractivity contribution in [2.24, 2.45) is 0 Å². The van der Waals surface area contributed by atoms with E-state index in [-0.39, 0.29) is 6.42 Å². The van der Waals surface area contributed by atoms with Crippen molar-refractivity contribution in [3.05, 3.63) is 24.3 Å². The van der Waals surface area contributed by atoms with Gasteiger partial charge < -0.3 is 10.2 Å². The van der Waals surface area contributed by atoms with Crippen LogP contribution in [0.3, 0.4) is 0 Å². The fourth-order valence-electron chi connectivity index (χ4n) is 1.70. The molecule has 3 nitrogen and oxygen atoms in total. The van der Waals surface area contributed by atoms with Crippen LogP contribution in [-0.4, -0.2) is 22.3 Å². The summed E-state index contributed by atoms with van der Waals surface area (Å²) in [6.45, 7) is 2.20. The molecule has 0 aromatic rings. The van der Waals surface area contributed by atoms with Crippen molar-refractivity contribution >= 4 is 5.97 Å². The number of carboxylic acid groups (broad SMARTS) is 1. The average molecular weight is 292 g/mol. The van der Waals surface area contributed by atoms with Crippen molar-refractivity contribution in [3.63, 3.8) is 0 Å². The van der Waals surface area contributed by atoms with E-state index in [1.54, 1.807) is 0 Å². The van der Waals surface area contributed by atoms with E-state index in [9.17, 15) is 9.90 Å². The minimum Gasteiger partial charge on any atom is -0.481 e. The highest BCUT2D eigenvalue weighted by molar-refractivity contribution is 5.66. The number of hydrogen-bond acceptors (Lipinski definition) is 2. The lowest BCUT2D eigenvalue weighted by Gasteiger charge is -1.96. The fraction of sp³-hybridized carbons (Fsp3) is 0.611. The first kappa shape index (κ1) is 19.5. The van der Waals surface area contributed by atoms with Crippen LogP contribution in [-0.2, 0) is 4.79 Å². The summed E-state index contributed by atoms with van der Waals surface area (Å²) in [5.41, 5.74) is 0. The molecule has 1 atom stereocenters. The molecule has 0 amide bonds. The molecule has 21 heavy (non-hydrogen) atoms. The van der Waals surface area contributed by atoms with E-state index < -0.39 is 12.1 Å². The van der Waals surface area contributed by atoms with Crippen molar-refractivity contribution in [3.8, 4) is 11.8 Å². The summed E-state index contributed by atoms with van der Waals surface area (Å²) in [6.07, 6.45) is 15.2. The number of unbranched alkanes of at least 4 members (excludes halogenated alkanes) is 4. The zero-order valence-electron chi connectivity index (χ0n) is 13.1. The Labute approximate surface area is 128 Å². The number of allylic oxidation sites excluding steroid dienone is 3. The molecule has 0 aliphatic rings. The summed E-state index contributed by atoms with van der Waals surface area (Å²) < 4.78 is 0. The van der Waals surface area contributed by atoms with Crippen molar-refractivity contribution in [1.29, 1.82) is 0 Å². The maximum Gasteiger partial charge on any atom is 0.303 e. The van der Waals surface area contributed by atoms with Crippen molar-refractivity contribution in [2.75, 3.05) is 0 Å². The van der Waals surface area contributed by atoms with Gasteiger partial charge in [-0.1, -0.05) is 50.0 Å². The lowest BCUT2D eigenvalue weighted by molar-refractivity contribution is -0.137. The van der Waals surface area contributed by atoms with Gasteiger partial charge in [0.05, 0.1) is 0 Å². The normalized spacial score (nSPS) is 12.5. The zero-order chi connectivity index (χ0) is 15.8. The van der Waals surface area contributed by atoms with E-state index in [1.807, 2.05) is 12.2 Å². The van der Waals surface area contributed by atoms with E-state index in [0.717, 1.165) is 12.8 Å². The molecule has 2 N–H and O–H groups in total. The highest BCUT2D eigenvalue weighted by Crippen LogP contribution is 2.01. The molecule has 0 saturated carbocycles. The molecule has 0 aliphatic carbocycles. The van der Waals surface area contributed by atoms with E-state index >= 15 is 0 Å². The Hall–Kier alpha value is -1.53. The molecule has 118 valence electrons. The SMILES string of the molecule is CCCCCC=CCC=CCC(O)C#CCCCC(=O)O. The van der Waals surface area contributed by atoms with Gasteiger partial charge in [0.1, 0.15) is 6.10 Å². The number of aliphatic hydroxyl groups is 1. The molecule has 0 radical (unpaired) electrons. The van der Waals surface area contributed by atoms with Crippen molar-refractivity contribution < 1.29 is 15.0 Å². The van der Waals surface area contributed by atoms with Gasteiger partial charge in [-0.3, -0.25) is 4.79 Å². The quantitative estimate of drug-likeness (QED) is 0.343. The Morgan fingerprint density at radius 3 is 2.62 bits per heavy atom. The molecule has 0 bridgehead atoms. The van der Waals surface area contributed by atoms with Gasteiger partial charge in [0, 0.05) is 19.3 Å². The smallest absolute Gasteiger partial charge is 0.303 e. The van der Waals surface area contributed by atoms with Crippen LogP contribution in [0.1, 0.15) is 64.7 Å². The first-order valence-corrected chi connectivity index (χ1v) is 7.85. The summed E-state index contributed by atoms with van der Waals surface area (Å²) in [5, 5.41) is 18.1. The molecule has 3 heteroatoms. The maximum atomic E-state index is 10.3. The van der Waals surface area contributed by atoms with Gasteiger partial charge in [-0.05, 0) is 25.7 Å². The lowest BCUT2D eigenvalue weighted by Crippen LogP contribution is -2.00. The van der Waals surface area contributed by atoms with Gasteiger partial charge >= 0.3 is 5.97 Å². The number of carbonyl (C=O) groups is 1. The second-order valence-corrected chi connectivity index (χ2v) is 4.99. The Bertz CT molecular complexity index is 372. The summed E-state index contributed by atoms with van der Waals surface area (Å²) >= 11 is 0. The predicted molar refractivity (Wildman–Crippen MR) is 86.9 cm³/mol. The summed E-state index contributed by atoms with van der Waals surface area (Å²) in [7, 11) is 0. The molecule has 0 fully saturated rings. The Morgan fingerprint density at radius 2 is 1.90 bits per heavy atom. The second kappa shape index (κ2) is 14.9. The Morgan fingerprint density at radius 1 is 1.14 bits per heavy atom. The molecule has 0 spiro atoms. The van der Waals surface area contributed by atoms with Crippen molar-refractivity contribution in [2.45, 2.75) is 70.8 Å². The molecule has 0 rings (SSSR count). The molecule has 0 aromatic heterocycles. The van der Waals surface area contributed by atoms with Crippen LogP contribution in [0.4, 0.5) is 0 Å². The third-order valence-electron chi connectivity index (χ3n) is 2.90. The highest BCUT2D eigenvalue weighted by Gasteiger charge is 1.95. The molecule has 0 heterocycles. The number of rotatable bonds is 11. The van der Waals surface area contributed by atoms with Gasteiger partial charge in [-0.25, -0.2) is 0 Å². The molecule has 0 aromatic carbocycles. The van der Waals surface area contributed by atoms with E-state index in [1.165, 1.54) is 19.3 Å². The number of carboxylic acids is 1. The van der Waals surface area contributed by atoms with Crippen LogP contribution in [0.2, 0.25) is 0 Å². The first-order valence-electron chi connectivity index (χ1n) is 7.85. The van der Waals surface area contributed by atoms with Crippen LogP contribution in [0.15, 0.2) is 24.3 Å². The van der Waals surface area contributed by atoms with Crippen LogP contribution in [0, 0.1) is 11.8 Å². The number of aliphatic carboxylic acids is 1. The largest absolute Gasteiger partial charge is 0.481 e. The predicted octanol–water partition coefficient (Wildman–Crippen LogP) is 4.08. The third-order valence-corrected chi connectivity index (χ3v) is 2.90. The minimum absolute atomic E-state index is 0.134. The topological polar surface area (TPSA) is 57.5 Å². The second-order valence-electron chi connectivity index (χ2n) is 4.99. The van der Waals surface area contributed by atoms with Crippen LogP contribution in [0.5, 0.6) is 0 Å². The van der Waals surface area contributed by atoms with Crippen LogP contribution < -0.4 is 0 Å². The summed E-state index contributed by atoms with van der Waals surface area (Å²) in [5.74, 6) is 4.73. The van der Waals surface area contributed by atoms with Gasteiger partial charge in [0.2, 0.25) is 0 Å². The summed E-state index contributed by atoms with van der Waals surface area (Å²) in [6, 6.07) is 0. The average Bonchev–Trinajstić information content (AvgIpc) is 2.45. The first-order chi connectivity index (χ1) is 10.2. The third kappa shape index (κ3) is 16.4. The Kier molecular flexibility index (Phi) is 13.8. The van der Waals surface area contributed by atoms with E-state index in [0.29, 0.717) is 19.3 Å². The Balaban J connectivity index is 3.59. The molecule has 1 unspecified atom stereocenters. The molecule has 0 aliphatic heterocycles. The fourth-order valence-corrected chi connectivity index (χ4v) is 1.70. The molecular formula is C18H28O3. The standard InChI is InChI=1S/C18H28O3/c1-2-3-4-5-6-7-8-9-11-14-17(19)15-12-10-13-16-18(20)21/h6-7,9,11,17,19H,2-5,8,10,13-14,16H2,1H3,(H,20,21).